The third-order valence-electron chi connectivity index (χ3n) is 2.48. The van der Waals surface area contributed by atoms with Gasteiger partial charge in [0.15, 0.2) is 0 Å². The van der Waals surface area contributed by atoms with E-state index in [1.54, 1.807) is 6.92 Å². The van der Waals surface area contributed by atoms with Crippen molar-refractivity contribution in [2.24, 2.45) is 0 Å². The zero-order chi connectivity index (χ0) is 14.7. The van der Waals surface area contributed by atoms with Crippen LogP contribution in [0.4, 0.5) is 16.5 Å². The summed E-state index contributed by atoms with van der Waals surface area (Å²) in [5.74, 6) is -0.478. The van der Waals surface area contributed by atoms with E-state index >= 15 is 0 Å². The number of hydrogen-bond donors (Lipinski definition) is 2. The van der Waals surface area contributed by atoms with Crippen LogP contribution >= 0.6 is 11.3 Å². The average Bonchev–Trinajstić information content (AvgIpc) is 2.82. The van der Waals surface area contributed by atoms with Crippen LogP contribution in [0.25, 0.3) is 0 Å². The molecule has 0 aliphatic heterocycles. The first kappa shape index (κ1) is 13.9. The SMILES string of the molecule is CNc1c(C(=O)Nc2nnc(C)s2)cccc1[N+](=O)[O-]. The van der Waals surface area contributed by atoms with Crippen LogP contribution in [0, 0.1) is 17.0 Å². The molecule has 1 aromatic heterocycles. The van der Waals surface area contributed by atoms with Crippen LogP contribution in [0.2, 0.25) is 0 Å². The lowest BCUT2D eigenvalue weighted by Crippen LogP contribution is -2.14. The van der Waals surface area contributed by atoms with Gasteiger partial charge in [-0.05, 0) is 13.0 Å². The average molecular weight is 293 g/mol. The lowest BCUT2D eigenvalue weighted by Gasteiger charge is -2.08. The molecule has 0 bridgehead atoms. The smallest absolute Gasteiger partial charge is 0.293 e. The van der Waals surface area contributed by atoms with E-state index in [1.807, 2.05) is 0 Å². The third-order valence-corrected chi connectivity index (χ3v) is 3.23. The number of hydrogen-bond acceptors (Lipinski definition) is 7. The van der Waals surface area contributed by atoms with Crippen LogP contribution in [0.5, 0.6) is 0 Å². The second kappa shape index (κ2) is 5.61. The molecule has 0 fully saturated rings. The number of benzene rings is 1. The van der Waals surface area contributed by atoms with E-state index in [0.717, 1.165) is 0 Å². The van der Waals surface area contributed by atoms with Gasteiger partial charge in [-0.25, -0.2) is 0 Å². The summed E-state index contributed by atoms with van der Waals surface area (Å²) < 4.78 is 0. The van der Waals surface area contributed by atoms with Crippen LogP contribution in [-0.2, 0) is 0 Å². The first-order chi connectivity index (χ1) is 9.52. The summed E-state index contributed by atoms with van der Waals surface area (Å²) in [6, 6.07) is 4.29. The van der Waals surface area contributed by atoms with Gasteiger partial charge < -0.3 is 5.32 Å². The summed E-state index contributed by atoms with van der Waals surface area (Å²) in [5.41, 5.74) is 0.180. The Morgan fingerprint density at radius 1 is 1.40 bits per heavy atom. The van der Waals surface area contributed by atoms with Gasteiger partial charge in [-0.1, -0.05) is 17.4 Å². The standard InChI is InChI=1S/C11H11N5O3S/c1-6-14-15-11(20-6)13-10(17)7-4-3-5-8(16(18)19)9(7)12-2/h3-5,12H,1-2H3,(H,13,15,17). The number of carbonyl (C=O) groups is 1. The number of nitro benzene ring substituents is 1. The molecule has 0 saturated heterocycles. The molecule has 1 amide bonds. The molecule has 0 unspecified atom stereocenters. The number of anilines is 2. The lowest BCUT2D eigenvalue weighted by molar-refractivity contribution is -0.384. The van der Waals surface area contributed by atoms with Crippen molar-refractivity contribution < 1.29 is 9.72 Å². The number of aromatic nitrogens is 2. The zero-order valence-corrected chi connectivity index (χ0v) is 11.5. The number of nitro groups is 1. The Morgan fingerprint density at radius 3 is 2.70 bits per heavy atom. The molecule has 9 heteroatoms. The van der Waals surface area contributed by atoms with Crippen molar-refractivity contribution in [2.75, 3.05) is 17.7 Å². The van der Waals surface area contributed by atoms with Gasteiger partial charge >= 0.3 is 0 Å². The van der Waals surface area contributed by atoms with Crippen LogP contribution in [0.1, 0.15) is 15.4 Å². The van der Waals surface area contributed by atoms with Crippen LogP contribution < -0.4 is 10.6 Å². The van der Waals surface area contributed by atoms with E-state index in [0.29, 0.717) is 10.1 Å². The second-order valence-electron chi connectivity index (χ2n) is 3.79. The van der Waals surface area contributed by atoms with Gasteiger partial charge in [-0.2, -0.15) is 0 Å². The molecular weight excluding hydrogens is 282 g/mol. The maximum absolute atomic E-state index is 12.1. The van der Waals surface area contributed by atoms with Crippen molar-refractivity contribution >= 4 is 33.8 Å². The van der Waals surface area contributed by atoms with Gasteiger partial charge in [-0.15, -0.1) is 10.2 Å². The molecule has 1 heterocycles. The quantitative estimate of drug-likeness (QED) is 0.659. The van der Waals surface area contributed by atoms with Gasteiger partial charge in [0.1, 0.15) is 10.7 Å². The van der Waals surface area contributed by atoms with E-state index in [-0.39, 0.29) is 16.9 Å². The zero-order valence-electron chi connectivity index (χ0n) is 10.7. The summed E-state index contributed by atoms with van der Waals surface area (Å²) in [6.45, 7) is 1.76. The molecule has 2 aromatic rings. The summed E-state index contributed by atoms with van der Waals surface area (Å²) in [4.78, 5) is 22.5. The molecule has 0 radical (unpaired) electrons. The van der Waals surface area contributed by atoms with Gasteiger partial charge in [0.2, 0.25) is 5.13 Å². The van der Waals surface area contributed by atoms with Crippen molar-refractivity contribution in [3.8, 4) is 0 Å². The fourth-order valence-corrected chi connectivity index (χ4v) is 2.24. The van der Waals surface area contributed by atoms with Crippen LogP contribution in [0.15, 0.2) is 18.2 Å². The van der Waals surface area contributed by atoms with Crippen LogP contribution in [-0.4, -0.2) is 28.1 Å². The lowest BCUT2D eigenvalue weighted by atomic mass is 10.1. The Hall–Kier alpha value is -2.55. The van der Waals surface area contributed by atoms with Gasteiger partial charge in [-0.3, -0.25) is 20.2 Å². The topological polar surface area (TPSA) is 110 Å². The molecule has 8 nitrogen and oxygen atoms in total. The second-order valence-corrected chi connectivity index (χ2v) is 4.97. The van der Waals surface area contributed by atoms with Gasteiger partial charge in [0, 0.05) is 13.1 Å². The Labute approximate surface area is 118 Å². The minimum Gasteiger partial charge on any atom is -0.382 e. The van der Waals surface area contributed by atoms with E-state index in [2.05, 4.69) is 20.8 Å². The molecule has 0 atom stereocenters. The van der Waals surface area contributed by atoms with Gasteiger partial charge in [0.05, 0.1) is 10.5 Å². The largest absolute Gasteiger partial charge is 0.382 e. The number of aryl methyl sites for hydroxylation is 1. The van der Waals surface area contributed by atoms with Gasteiger partial charge in [0.25, 0.3) is 11.6 Å². The van der Waals surface area contributed by atoms with Crippen molar-refractivity contribution in [3.05, 3.63) is 38.9 Å². The summed E-state index contributed by atoms with van der Waals surface area (Å²) in [6.07, 6.45) is 0. The monoisotopic (exact) mass is 293 g/mol. The Bertz CT molecular complexity index is 670. The van der Waals surface area contributed by atoms with Crippen molar-refractivity contribution in [3.63, 3.8) is 0 Å². The Morgan fingerprint density at radius 2 is 2.15 bits per heavy atom. The molecular formula is C11H11N5O3S. The Kier molecular flexibility index (Phi) is 3.89. The van der Waals surface area contributed by atoms with Crippen molar-refractivity contribution in [1.29, 1.82) is 0 Å². The molecule has 0 saturated carbocycles. The highest BCUT2D eigenvalue weighted by Crippen LogP contribution is 2.28. The maximum Gasteiger partial charge on any atom is 0.293 e. The molecule has 1 aromatic carbocycles. The fraction of sp³-hybridized carbons (Fsp3) is 0.182. The summed E-state index contributed by atoms with van der Waals surface area (Å²) >= 11 is 1.23. The number of amides is 1. The fourth-order valence-electron chi connectivity index (χ4n) is 1.66. The molecule has 104 valence electrons. The predicted molar refractivity (Wildman–Crippen MR) is 75.2 cm³/mol. The molecule has 0 aliphatic rings. The number of nitrogens with one attached hydrogen (secondary N) is 2. The number of nitrogens with zero attached hydrogens (tertiary/aromatic N) is 3. The van der Waals surface area contributed by atoms with Crippen molar-refractivity contribution in [2.45, 2.75) is 6.92 Å². The van der Waals surface area contributed by atoms with E-state index in [1.165, 1.54) is 36.6 Å². The highest BCUT2D eigenvalue weighted by molar-refractivity contribution is 7.15. The third kappa shape index (κ3) is 2.72. The number of carbonyl (C=O) groups excluding carboxylic acids is 1. The highest BCUT2D eigenvalue weighted by Gasteiger charge is 2.21. The van der Waals surface area contributed by atoms with E-state index in [4.69, 9.17) is 0 Å². The first-order valence-electron chi connectivity index (χ1n) is 5.59. The minimum atomic E-state index is -0.544. The summed E-state index contributed by atoms with van der Waals surface area (Å²) in [7, 11) is 1.52. The number of rotatable bonds is 4. The van der Waals surface area contributed by atoms with E-state index in [9.17, 15) is 14.9 Å². The normalized spacial score (nSPS) is 10.1. The molecule has 0 spiro atoms. The minimum absolute atomic E-state index is 0.159. The summed E-state index contributed by atoms with van der Waals surface area (Å²) in [5, 5.41) is 24.8. The predicted octanol–water partition coefficient (Wildman–Crippen LogP) is 2.05. The molecule has 2 N–H and O–H groups in total. The van der Waals surface area contributed by atoms with E-state index < -0.39 is 10.8 Å². The number of para-hydroxylation sites is 1. The maximum atomic E-state index is 12.1. The molecule has 2 rings (SSSR count). The van der Waals surface area contributed by atoms with Crippen molar-refractivity contribution in [1.82, 2.24) is 10.2 Å². The highest BCUT2D eigenvalue weighted by atomic mass is 32.1. The molecule has 20 heavy (non-hydrogen) atoms. The Balaban J connectivity index is 2.34. The molecule has 0 aliphatic carbocycles. The first-order valence-corrected chi connectivity index (χ1v) is 6.41. The van der Waals surface area contributed by atoms with Crippen LogP contribution in [0.3, 0.4) is 0 Å².